The summed E-state index contributed by atoms with van der Waals surface area (Å²) in [6, 6.07) is 14.2. The van der Waals surface area contributed by atoms with Crippen LogP contribution in [-0.4, -0.2) is 16.2 Å². The lowest BCUT2D eigenvalue weighted by molar-refractivity contribution is 0.340. The Kier molecular flexibility index (Phi) is 6.25. The van der Waals surface area contributed by atoms with Crippen LogP contribution in [0.1, 0.15) is 36.3 Å². The van der Waals surface area contributed by atoms with Gasteiger partial charge in [0.15, 0.2) is 5.16 Å². The molecule has 0 saturated heterocycles. The second-order valence-electron chi connectivity index (χ2n) is 8.37. The third-order valence-electron chi connectivity index (χ3n) is 6.02. The average molecular weight is 481 g/mol. The highest BCUT2D eigenvalue weighted by atomic mass is 32.2. The van der Waals surface area contributed by atoms with Gasteiger partial charge in [0.25, 0.3) is 5.56 Å². The van der Waals surface area contributed by atoms with Crippen LogP contribution in [0.5, 0.6) is 5.75 Å². The molecule has 1 unspecified atom stereocenters. The van der Waals surface area contributed by atoms with E-state index in [4.69, 9.17) is 9.72 Å². The van der Waals surface area contributed by atoms with E-state index in [-0.39, 0.29) is 11.4 Å². The van der Waals surface area contributed by atoms with Gasteiger partial charge in [0, 0.05) is 10.6 Å². The Morgan fingerprint density at radius 1 is 1.21 bits per heavy atom. The van der Waals surface area contributed by atoms with E-state index in [0.29, 0.717) is 29.0 Å². The number of halogens is 1. The van der Waals surface area contributed by atoms with E-state index in [1.54, 1.807) is 28.0 Å². The van der Waals surface area contributed by atoms with Gasteiger partial charge in [-0.1, -0.05) is 36.9 Å². The van der Waals surface area contributed by atoms with Crippen LogP contribution in [0, 0.1) is 11.7 Å². The molecule has 1 atom stereocenters. The molecule has 170 valence electrons. The van der Waals surface area contributed by atoms with E-state index in [1.165, 1.54) is 22.7 Å². The van der Waals surface area contributed by atoms with Crippen LogP contribution in [0.3, 0.4) is 0 Å². The Hall–Kier alpha value is -2.64. The van der Waals surface area contributed by atoms with Crippen LogP contribution in [0.15, 0.2) is 58.5 Å². The first-order valence-corrected chi connectivity index (χ1v) is 13.0. The number of benzene rings is 2. The van der Waals surface area contributed by atoms with Crippen molar-refractivity contribution in [3.05, 3.63) is 80.7 Å². The van der Waals surface area contributed by atoms with Gasteiger partial charge in [-0.25, -0.2) is 9.37 Å². The number of thiophene rings is 1. The highest BCUT2D eigenvalue weighted by molar-refractivity contribution is 7.98. The van der Waals surface area contributed by atoms with E-state index in [0.717, 1.165) is 46.5 Å². The van der Waals surface area contributed by atoms with Gasteiger partial charge in [0.1, 0.15) is 16.4 Å². The van der Waals surface area contributed by atoms with E-state index < -0.39 is 0 Å². The lowest BCUT2D eigenvalue weighted by atomic mass is 9.89. The van der Waals surface area contributed by atoms with Crippen LogP contribution in [0.25, 0.3) is 15.9 Å². The normalized spacial score (nSPS) is 15.5. The Bertz CT molecular complexity index is 1360. The standard InChI is InChI=1S/C26H25FN2O2S2/c1-3-31-19-11-9-18(10-12-19)29-25(30)23-20-13-8-16(2)14-22(20)33-24(23)28-26(29)32-15-17-6-4-5-7-21(17)27/h4-7,9-12,16H,3,8,13-15H2,1-2H3. The maximum atomic E-state index is 14.2. The van der Waals surface area contributed by atoms with Crippen LogP contribution in [0.4, 0.5) is 4.39 Å². The molecule has 0 fully saturated rings. The van der Waals surface area contributed by atoms with Crippen LogP contribution < -0.4 is 10.3 Å². The number of hydrogen-bond donors (Lipinski definition) is 0. The van der Waals surface area contributed by atoms with Crippen molar-refractivity contribution in [1.29, 1.82) is 0 Å². The smallest absolute Gasteiger partial charge is 0.267 e. The summed E-state index contributed by atoms with van der Waals surface area (Å²) < 4.78 is 21.5. The molecule has 4 aromatic rings. The zero-order valence-corrected chi connectivity index (χ0v) is 20.3. The molecule has 2 aromatic heterocycles. The van der Waals surface area contributed by atoms with Gasteiger partial charge in [-0.2, -0.15) is 0 Å². The third kappa shape index (κ3) is 4.32. The zero-order valence-electron chi connectivity index (χ0n) is 18.6. The summed E-state index contributed by atoms with van der Waals surface area (Å²) in [5.74, 6) is 1.52. The molecular weight excluding hydrogens is 455 g/mol. The molecule has 2 heterocycles. The second kappa shape index (κ2) is 9.31. The average Bonchev–Trinajstić information content (AvgIpc) is 3.17. The fraction of sp³-hybridized carbons (Fsp3) is 0.308. The van der Waals surface area contributed by atoms with Crippen molar-refractivity contribution in [2.45, 2.75) is 44.0 Å². The predicted octanol–water partition coefficient (Wildman–Crippen LogP) is 6.40. The lowest BCUT2D eigenvalue weighted by Crippen LogP contribution is -2.22. The van der Waals surface area contributed by atoms with E-state index in [1.807, 2.05) is 37.3 Å². The number of rotatable bonds is 6. The van der Waals surface area contributed by atoms with Crippen molar-refractivity contribution in [3.63, 3.8) is 0 Å². The number of hydrogen-bond acceptors (Lipinski definition) is 5. The number of fused-ring (bicyclic) bond motifs is 3. The van der Waals surface area contributed by atoms with Crippen LogP contribution in [-0.2, 0) is 18.6 Å². The highest BCUT2D eigenvalue weighted by Gasteiger charge is 2.25. The topological polar surface area (TPSA) is 44.1 Å². The highest BCUT2D eigenvalue weighted by Crippen LogP contribution is 2.37. The summed E-state index contributed by atoms with van der Waals surface area (Å²) in [6.45, 7) is 4.78. The summed E-state index contributed by atoms with van der Waals surface area (Å²) in [5, 5.41) is 1.32. The Balaban J connectivity index is 1.64. The number of aryl methyl sites for hydroxylation is 1. The van der Waals surface area contributed by atoms with Gasteiger partial charge in [-0.3, -0.25) is 9.36 Å². The molecule has 0 radical (unpaired) electrons. The maximum Gasteiger partial charge on any atom is 0.267 e. The van der Waals surface area contributed by atoms with Gasteiger partial charge in [-0.15, -0.1) is 11.3 Å². The number of ether oxygens (including phenoxy) is 1. The maximum absolute atomic E-state index is 14.2. The fourth-order valence-corrected chi connectivity index (χ4v) is 6.73. The molecule has 0 amide bonds. The molecule has 4 nitrogen and oxygen atoms in total. The third-order valence-corrected chi connectivity index (χ3v) is 8.15. The molecule has 2 aromatic carbocycles. The molecule has 0 bridgehead atoms. The monoisotopic (exact) mass is 480 g/mol. The molecular formula is C26H25FN2O2S2. The van der Waals surface area contributed by atoms with E-state index in [9.17, 15) is 9.18 Å². The molecule has 0 spiro atoms. The molecule has 33 heavy (non-hydrogen) atoms. The molecule has 1 aliphatic carbocycles. The first-order chi connectivity index (χ1) is 16.0. The largest absolute Gasteiger partial charge is 0.494 e. The van der Waals surface area contributed by atoms with Crippen molar-refractivity contribution in [1.82, 2.24) is 9.55 Å². The van der Waals surface area contributed by atoms with Gasteiger partial charge in [-0.05, 0) is 73.6 Å². The molecule has 7 heteroatoms. The van der Waals surface area contributed by atoms with Crippen LogP contribution in [0.2, 0.25) is 0 Å². The summed E-state index contributed by atoms with van der Waals surface area (Å²) in [5.41, 5.74) is 2.44. The molecule has 0 aliphatic heterocycles. The van der Waals surface area contributed by atoms with Crippen molar-refractivity contribution < 1.29 is 9.13 Å². The molecule has 0 N–H and O–H groups in total. The van der Waals surface area contributed by atoms with Crippen molar-refractivity contribution in [2.75, 3.05) is 6.61 Å². The minimum Gasteiger partial charge on any atom is -0.494 e. The van der Waals surface area contributed by atoms with Crippen molar-refractivity contribution in [3.8, 4) is 11.4 Å². The first kappa shape index (κ1) is 22.2. The second-order valence-corrected chi connectivity index (χ2v) is 10.4. The minimum absolute atomic E-state index is 0.0488. The Morgan fingerprint density at radius 3 is 2.76 bits per heavy atom. The first-order valence-electron chi connectivity index (χ1n) is 11.2. The quantitative estimate of drug-likeness (QED) is 0.237. The van der Waals surface area contributed by atoms with Gasteiger partial charge in [0.2, 0.25) is 0 Å². The van der Waals surface area contributed by atoms with Gasteiger partial charge < -0.3 is 4.74 Å². The lowest BCUT2D eigenvalue weighted by Gasteiger charge is -2.18. The zero-order chi connectivity index (χ0) is 22.9. The number of nitrogens with zero attached hydrogens (tertiary/aromatic N) is 2. The number of aromatic nitrogens is 2. The van der Waals surface area contributed by atoms with Crippen molar-refractivity contribution in [2.24, 2.45) is 5.92 Å². The van der Waals surface area contributed by atoms with Crippen molar-refractivity contribution >= 4 is 33.3 Å². The van der Waals surface area contributed by atoms with Gasteiger partial charge >= 0.3 is 0 Å². The Morgan fingerprint density at radius 2 is 2.00 bits per heavy atom. The summed E-state index contributed by atoms with van der Waals surface area (Å²) in [6.07, 6.45) is 3.00. The summed E-state index contributed by atoms with van der Waals surface area (Å²) >= 11 is 3.02. The Labute approximate surface area is 200 Å². The summed E-state index contributed by atoms with van der Waals surface area (Å²) in [7, 11) is 0. The van der Waals surface area contributed by atoms with E-state index in [2.05, 4.69) is 6.92 Å². The van der Waals surface area contributed by atoms with E-state index >= 15 is 0 Å². The molecule has 1 aliphatic rings. The number of thioether (sulfide) groups is 1. The predicted molar refractivity (Wildman–Crippen MR) is 134 cm³/mol. The van der Waals surface area contributed by atoms with Gasteiger partial charge in [0.05, 0.1) is 17.7 Å². The molecule has 0 saturated carbocycles. The SMILES string of the molecule is CCOc1ccc(-n2c(SCc3ccccc3F)nc3sc4c(c3c2=O)CCC(C)C4)cc1. The molecule has 5 rings (SSSR count). The minimum atomic E-state index is -0.249. The van der Waals surface area contributed by atoms with Crippen LogP contribution >= 0.6 is 23.1 Å². The fourth-order valence-electron chi connectivity index (χ4n) is 4.31. The summed E-state index contributed by atoms with van der Waals surface area (Å²) in [4.78, 5) is 20.9.